The Labute approximate surface area is 116 Å². The van der Waals surface area contributed by atoms with Crippen LogP contribution in [0.15, 0.2) is 24.3 Å². The highest BCUT2D eigenvalue weighted by Gasteiger charge is 2.16. The van der Waals surface area contributed by atoms with Crippen LogP contribution in [0.5, 0.6) is 0 Å². The van der Waals surface area contributed by atoms with E-state index in [1.54, 1.807) is 20.0 Å². The molecule has 1 aromatic carbocycles. The minimum Gasteiger partial charge on any atom is -0.481 e. The molecule has 0 radical (unpaired) electrons. The van der Waals surface area contributed by atoms with Gasteiger partial charge >= 0.3 is 5.97 Å². The molecule has 1 aromatic heterocycles. The van der Waals surface area contributed by atoms with Crippen LogP contribution in [0.25, 0.3) is 10.9 Å². The number of nitrogens with zero attached hydrogens (tertiary/aromatic N) is 2. The van der Waals surface area contributed by atoms with Crippen molar-refractivity contribution in [2.75, 3.05) is 18.5 Å². The molecule has 20 heavy (non-hydrogen) atoms. The van der Waals surface area contributed by atoms with Gasteiger partial charge in [0.2, 0.25) is 0 Å². The molecule has 0 amide bonds. The summed E-state index contributed by atoms with van der Waals surface area (Å²) in [6.45, 7) is 3.86. The van der Waals surface area contributed by atoms with Crippen molar-refractivity contribution in [1.82, 2.24) is 4.98 Å². The van der Waals surface area contributed by atoms with Gasteiger partial charge in [-0.2, -0.15) is 0 Å². The maximum absolute atomic E-state index is 13.4. The van der Waals surface area contributed by atoms with E-state index < -0.39 is 11.9 Å². The molecule has 0 aliphatic heterocycles. The monoisotopic (exact) mass is 276 g/mol. The molecule has 0 fully saturated rings. The number of rotatable bonds is 4. The number of benzene rings is 1. The lowest BCUT2D eigenvalue weighted by molar-refractivity contribution is -0.140. The van der Waals surface area contributed by atoms with Crippen LogP contribution >= 0.6 is 0 Å². The third-order valence-electron chi connectivity index (χ3n) is 3.26. The predicted octanol–water partition coefficient (Wildman–Crippen LogP) is 2.84. The van der Waals surface area contributed by atoms with Gasteiger partial charge in [0, 0.05) is 30.4 Å². The Hall–Kier alpha value is -2.17. The van der Waals surface area contributed by atoms with Crippen molar-refractivity contribution in [2.45, 2.75) is 13.8 Å². The molecule has 0 bridgehead atoms. The molecule has 4 nitrogen and oxygen atoms in total. The van der Waals surface area contributed by atoms with Gasteiger partial charge in [-0.3, -0.25) is 9.78 Å². The zero-order chi connectivity index (χ0) is 14.9. The highest BCUT2D eigenvalue weighted by atomic mass is 19.1. The molecule has 1 N–H and O–H groups in total. The van der Waals surface area contributed by atoms with E-state index in [1.165, 1.54) is 12.1 Å². The number of carboxylic acid groups (broad SMARTS) is 1. The first-order valence-corrected chi connectivity index (χ1v) is 6.39. The van der Waals surface area contributed by atoms with Crippen LogP contribution < -0.4 is 4.90 Å². The van der Waals surface area contributed by atoms with E-state index in [0.717, 1.165) is 11.4 Å². The van der Waals surface area contributed by atoms with Gasteiger partial charge in [0.1, 0.15) is 5.82 Å². The summed E-state index contributed by atoms with van der Waals surface area (Å²) in [5.74, 6) is -1.68. The fraction of sp³-hybridized carbons (Fsp3) is 0.333. The molecule has 106 valence electrons. The van der Waals surface area contributed by atoms with Crippen molar-refractivity contribution in [2.24, 2.45) is 5.92 Å². The molecule has 0 saturated carbocycles. The lowest BCUT2D eigenvalue weighted by Gasteiger charge is -2.23. The summed E-state index contributed by atoms with van der Waals surface area (Å²) in [5, 5.41) is 9.68. The highest BCUT2D eigenvalue weighted by molar-refractivity contribution is 5.92. The van der Waals surface area contributed by atoms with Crippen LogP contribution in [-0.2, 0) is 4.79 Å². The van der Waals surface area contributed by atoms with E-state index in [9.17, 15) is 9.18 Å². The number of hydrogen-bond acceptors (Lipinski definition) is 3. The second kappa shape index (κ2) is 5.45. The number of halogens is 1. The van der Waals surface area contributed by atoms with Crippen molar-refractivity contribution in [3.63, 3.8) is 0 Å². The quantitative estimate of drug-likeness (QED) is 0.933. The molecule has 1 heterocycles. The normalized spacial score (nSPS) is 12.4. The number of carboxylic acids is 1. The largest absolute Gasteiger partial charge is 0.481 e. The fourth-order valence-electron chi connectivity index (χ4n) is 2.21. The molecular weight excluding hydrogens is 259 g/mol. The molecule has 0 saturated heterocycles. The van der Waals surface area contributed by atoms with Gasteiger partial charge in [0.15, 0.2) is 0 Å². The number of hydrogen-bond donors (Lipinski definition) is 1. The van der Waals surface area contributed by atoms with E-state index in [2.05, 4.69) is 4.98 Å². The van der Waals surface area contributed by atoms with Crippen LogP contribution in [0.3, 0.4) is 0 Å². The summed E-state index contributed by atoms with van der Waals surface area (Å²) >= 11 is 0. The summed E-state index contributed by atoms with van der Waals surface area (Å²) in [4.78, 5) is 17.1. The van der Waals surface area contributed by atoms with Gasteiger partial charge in [0.25, 0.3) is 0 Å². The number of aromatic nitrogens is 1. The number of fused-ring (bicyclic) bond motifs is 1. The van der Waals surface area contributed by atoms with Crippen molar-refractivity contribution in [3.05, 3.63) is 35.8 Å². The van der Waals surface area contributed by atoms with Gasteiger partial charge in [-0.15, -0.1) is 0 Å². The molecule has 0 spiro atoms. The molecule has 5 heteroatoms. The lowest BCUT2D eigenvalue weighted by Crippen LogP contribution is -2.28. The van der Waals surface area contributed by atoms with Gasteiger partial charge in [-0.25, -0.2) is 4.39 Å². The highest BCUT2D eigenvalue weighted by Crippen LogP contribution is 2.27. The van der Waals surface area contributed by atoms with Crippen LogP contribution in [-0.4, -0.2) is 29.7 Å². The van der Waals surface area contributed by atoms with E-state index in [1.807, 2.05) is 17.9 Å². The standard InChI is InChI=1S/C15H17FN2O2/c1-9(15(19)20)8-18(3)14-6-10(2)17-13-5-4-11(16)7-12(13)14/h4-7,9H,8H2,1-3H3,(H,19,20). The van der Waals surface area contributed by atoms with Crippen molar-refractivity contribution < 1.29 is 14.3 Å². The smallest absolute Gasteiger partial charge is 0.308 e. The maximum atomic E-state index is 13.4. The Bertz CT molecular complexity index is 658. The Balaban J connectivity index is 2.46. The van der Waals surface area contributed by atoms with Crippen LogP contribution in [0.2, 0.25) is 0 Å². The molecule has 2 rings (SSSR count). The second-order valence-corrected chi connectivity index (χ2v) is 5.06. The van der Waals surface area contributed by atoms with Crippen molar-refractivity contribution in [1.29, 1.82) is 0 Å². The van der Waals surface area contributed by atoms with E-state index >= 15 is 0 Å². The molecular formula is C15H17FN2O2. The Morgan fingerprint density at radius 2 is 2.15 bits per heavy atom. The topological polar surface area (TPSA) is 53.4 Å². The summed E-state index contributed by atoms with van der Waals surface area (Å²) < 4.78 is 13.4. The second-order valence-electron chi connectivity index (χ2n) is 5.06. The summed E-state index contributed by atoms with van der Waals surface area (Å²) in [6.07, 6.45) is 0. The molecule has 0 aliphatic carbocycles. The van der Waals surface area contributed by atoms with Crippen molar-refractivity contribution in [3.8, 4) is 0 Å². The van der Waals surface area contributed by atoms with Gasteiger partial charge in [-0.05, 0) is 31.2 Å². The van der Waals surface area contributed by atoms with Crippen LogP contribution in [0.4, 0.5) is 10.1 Å². The first-order valence-electron chi connectivity index (χ1n) is 6.39. The van der Waals surface area contributed by atoms with Gasteiger partial charge < -0.3 is 10.0 Å². The van der Waals surface area contributed by atoms with Crippen LogP contribution in [0, 0.1) is 18.7 Å². The van der Waals surface area contributed by atoms with E-state index in [4.69, 9.17) is 5.11 Å². The lowest BCUT2D eigenvalue weighted by atomic mass is 10.1. The van der Waals surface area contributed by atoms with Crippen LogP contribution in [0.1, 0.15) is 12.6 Å². The zero-order valence-electron chi connectivity index (χ0n) is 11.7. The van der Waals surface area contributed by atoms with E-state index in [0.29, 0.717) is 17.4 Å². The average Bonchev–Trinajstić information content (AvgIpc) is 2.38. The Morgan fingerprint density at radius 1 is 1.45 bits per heavy atom. The number of carbonyl (C=O) groups is 1. The first kappa shape index (κ1) is 14.2. The maximum Gasteiger partial charge on any atom is 0.308 e. The summed E-state index contributed by atoms with van der Waals surface area (Å²) in [7, 11) is 1.80. The number of aliphatic carboxylic acids is 1. The molecule has 1 unspecified atom stereocenters. The van der Waals surface area contributed by atoms with Crippen molar-refractivity contribution >= 4 is 22.6 Å². The minimum absolute atomic E-state index is 0.330. The minimum atomic E-state index is -0.849. The SMILES string of the molecule is Cc1cc(N(C)CC(C)C(=O)O)c2cc(F)ccc2n1. The number of aryl methyl sites for hydroxylation is 1. The molecule has 0 aliphatic rings. The number of anilines is 1. The average molecular weight is 276 g/mol. The third-order valence-corrected chi connectivity index (χ3v) is 3.26. The fourth-order valence-corrected chi connectivity index (χ4v) is 2.21. The Kier molecular flexibility index (Phi) is 3.88. The molecule has 2 aromatic rings. The van der Waals surface area contributed by atoms with Gasteiger partial charge in [-0.1, -0.05) is 6.92 Å². The number of pyridine rings is 1. The Morgan fingerprint density at radius 3 is 2.80 bits per heavy atom. The third kappa shape index (κ3) is 2.87. The summed E-state index contributed by atoms with van der Waals surface area (Å²) in [6, 6.07) is 6.28. The summed E-state index contributed by atoms with van der Waals surface area (Å²) in [5.41, 5.74) is 2.31. The van der Waals surface area contributed by atoms with Gasteiger partial charge in [0.05, 0.1) is 11.4 Å². The van der Waals surface area contributed by atoms with E-state index in [-0.39, 0.29) is 5.82 Å². The molecule has 1 atom stereocenters. The zero-order valence-corrected chi connectivity index (χ0v) is 11.7. The first-order chi connectivity index (χ1) is 9.38. The predicted molar refractivity (Wildman–Crippen MR) is 76.5 cm³/mol.